The van der Waals surface area contributed by atoms with Gasteiger partial charge < -0.3 is 4.90 Å². The Hall–Kier alpha value is -0.420. The molecule has 0 saturated carbocycles. The van der Waals surface area contributed by atoms with Crippen LogP contribution in [0.15, 0.2) is 22.8 Å². The van der Waals surface area contributed by atoms with E-state index in [0.29, 0.717) is 10.5 Å². The standard InChI is InChI=1S/C11H12Br2N2O/c12-8-3-6-15(7-4-8)11(16)10-9(13)2-1-5-14-10/h1-2,5,8H,3-4,6-7H2. The number of hydrogen-bond donors (Lipinski definition) is 0. The molecule has 1 aromatic rings. The third-order valence-electron chi connectivity index (χ3n) is 2.67. The monoisotopic (exact) mass is 346 g/mol. The fourth-order valence-electron chi connectivity index (χ4n) is 1.74. The van der Waals surface area contributed by atoms with Crippen molar-refractivity contribution in [2.45, 2.75) is 17.7 Å². The van der Waals surface area contributed by atoms with Crippen LogP contribution in [0.2, 0.25) is 0 Å². The lowest BCUT2D eigenvalue weighted by Gasteiger charge is -2.29. The lowest BCUT2D eigenvalue weighted by Crippen LogP contribution is -2.39. The van der Waals surface area contributed by atoms with Gasteiger partial charge in [-0.3, -0.25) is 4.79 Å². The minimum absolute atomic E-state index is 0.0203. The summed E-state index contributed by atoms with van der Waals surface area (Å²) in [5.41, 5.74) is 0.510. The molecule has 0 spiro atoms. The van der Waals surface area contributed by atoms with Crippen LogP contribution in [-0.4, -0.2) is 33.7 Å². The molecule has 5 heteroatoms. The van der Waals surface area contributed by atoms with Crippen molar-refractivity contribution < 1.29 is 4.79 Å². The Bertz CT molecular complexity index is 389. The molecule has 1 aliphatic rings. The van der Waals surface area contributed by atoms with Gasteiger partial charge in [0.15, 0.2) is 0 Å². The number of aromatic nitrogens is 1. The number of amides is 1. The number of carbonyl (C=O) groups is 1. The van der Waals surface area contributed by atoms with Gasteiger partial charge >= 0.3 is 0 Å². The fourth-order valence-corrected chi connectivity index (χ4v) is 2.58. The molecular formula is C11H12Br2N2O. The molecule has 0 N–H and O–H groups in total. The van der Waals surface area contributed by atoms with Crippen LogP contribution in [0.4, 0.5) is 0 Å². The minimum Gasteiger partial charge on any atom is -0.337 e. The summed E-state index contributed by atoms with van der Waals surface area (Å²) in [5.74, 6) is 0.0203. The van der Waals surface area contributed by atoms with E-state index in [9.17, 15) is 4.79 Å². The zero-order valence-corrected chi connectivity index (χ0v) is 11.9. The van der Waals surface area contributed by atoms with Crippen molar-refractivity contribution in [2.24, 2.45) is 0 Å². The van der Waals surface area contributed by atoms with Crippen LogP contribution in [0.5, 0.6) is 0 Å². The summed E-state index contributed by atoms with van der Waals surface area (Å²) in [4.78, 5) is 18.7. The number of likely N-dealkylation sites (tertiary alicyclic amines) is 1. The molecule has 0 unspecified atom stereocenters. The molecule has 0 radical (unpaired) electrons. The third-order valence-corrected chi connectivity index (χ3v) is 4.23. The van der Waals surface area contributed by atoms with E-state index in [1.165, 1.54) is 0 Å². The second kappa shape index (κ2) is 5.27. The predicted octanol–water partition coefficient (Wildman–Crippen LogP) is 2.84. The highest BCUT2D eigenvalue weighted by Crippen LogP contribution is 2.21. The highest BCUT2D eigenvalue weighted by atomic mass is 79.9. The number of halogens is 2. The van der Waals surface area contributed by atoms with Crippen LogP contribution < -0.4 is 0 Å². The maximum absolute atomic E-state index is 12.1. The largest absolute Gasteiger partial charge is 0.337 e. The van der Waals surface area contributed by atoms with Gasteiger partial charge in [0.2, 0.25) is 0 Å². The summed E-state index contributed by atoms with van der Waals surface area (Å²) >= 11 is 6.93. The van der Waals surface area contributed by atoms with Crippen LogP contribution in [0, 0.1) is 0 Å². The Morgan fingerprint density at radius 1 is 1.44 bits per heavy atom. The van der Waals surface area contributed by atoms with Crippen LogP contribution in [0.3, 0.4) is 0 Å². The molecule has 1 saturated heterocycles. The molecule has 1 aromatic heterocycles. The average molecular weight is 348 g/mol. The molecule has 2 heterocycles. The van der Waals surface area contributed by atoms with E-state index >= 15 is 0 Å². The number of rotatable bonds is 1. The Morgan fingerprint density at radius 2 is 2.12 bits per heavy atom. The molecule has 1 aliphatic heterocycles. The van der Waals surface area contributed by atoms with Gasteiger partial charge in [0.05, 0.1) is 0 Å². The SMILES string of the molecule is O=C(c1ncccc1Br)N1CCC(Br)CC1. The zero-order chi connectivity index (χ0) is 11.5. The number of nitrogens with zero attached hydrogens (tertiary/aromatic N) is 2. The van der Waals surface area contributed by atoms with Gasteiger partial charge in [0, 0.05) is 28.6 Å². The Balaban J connectivity index is 2.11. The molecule has 1 amide bonds. The number of alkyl halides is 1. The highest BCUT2D eigenvalue weighted by molar-refractivity contribution is 9.10. The minimum atomic E-state index is 0.0203. The third kappa shape index (κ3) is 2.63. The van der Waals surface area contributed by atoms with Crippen LogP contribution >= 0.6 is 31.9 Å². The Kier molecular flexibility index (Phi) is 3.97. The van der Waals surface area contributed by atoms with E-state index in [0.717, 1.165) is 30.4 Å². The number of carbonyl (C=O) groups excluding carboxylic acids is 1. The van der Waals surface area contributed by atoms with Gasteiger partial charge in [0.25, 0.3) is 5.91 Å². The molecule has 16 heavy (non-hydrogen) atoms. The molecule has 3 nitrogen and oxygen atoms in total. The lowest BCUT2D eigenvalue weighted by molar-refractivity contribution is 0.0721. The molecule has 0 atom stereocenters. The smallest absolute Gasteiger partial charge is 0.273 e. The first kappa shape index (κ1) is 12.0. The maximum atomic E-state index is 12.1. The Labute approximate surface area is 111 Å². The van der Waals surface area contributed by atoms with Crippen LogP contribution in [-0.2, 0) is 0 Å². The number of piperidine rings is 1. The lowest BCUT2D eigenvalue weighted by atomic mass is 10.1. The van der Waals surface area contributed by atoms with E-state index in [4.69, 9.17) is 0 Å². The molecule has 1 fully saturated rings. The predicted molar refractivity (Wildman–Crippen MR) is 69.8 cm³/mol. The van der Waals surface area contributed by atoms with Gasteiger partial charge in [-0.15, -0.1) is 0 Å². The van der Waals surface area contributed by atoms with Gasteiger partial charge in [-0.05, 0) is 40.9 Å². The number of hydrogen-bond acceptors (Lipinski definition) is 2. The normalized spacial score (nSPS) is 17.5. The second-order valence-electron chi connectivity index (χ2n) is 3.80. The summed E-state index contributed by atoms with van der Waals surface area (Å²) < 4.78 is 0.765. The van der Waals surface area contributed by atoms with E-state index in [2.05, 4.69) is 36.8 Å². The van der Waals surface area contributed by atoms with Gasteiger partial charge in [-0.2, -0.15) is 0 Å². The first-order valence-corrected chi connectivity index (χ1v) is 6.93. The van der Waals surface area contributed by atoms with Crippen LogP contribution in [0.25, 0.3) is 0 Å². The van der Waals surface area contributed by atoms with Crippen LogP contribution in [0.1, 0.15) is 23.3 Å². The van der Waals surface area contributed by atoms with Gasteiger partial charge in [-0.1, -0.05) is 15.9 Å². The summed E-state index contributed by atoms with van der Waals surface area (Å²) in [6.07, 6.45) is 3.67. The average Bonchev–Trinajstić information content (AvgIpc) is 2.30. The first-order chi connectivity index (χ1) is 7.68. The summed E-state index contributed by atoms with van der Waals surface area (Å²) in [5, 5.41) is 0. The van der Waals surface area contributed by atoms with Crippen molar-refractivity contribution in [3.8, 4) is 0 Å². The van der Waals surface area contributed by atoms with Crippen molar-refractivity contribution in [1.29, 1.82) is 0 Å². The van der Waals surface area contributed by atoms with Crippen molar-refractivity contribution in [3.63, 3.8) is 0 Å². The molecule has 86 valence electrons. The van der Waals surface area contributed by atoms with E-state index in [1.807, 2.05) is 17.0 Å². The molecule has 2 rings (SSSR count). The molecule has 0 aromatic carbocycles. The quantitative estimate of drug-likeness (QED) is 0.732. The number of pyridine rings is 1. The molecule has 0 bridgehead atoms. The second-order valence-corrected chi connectivity index (χ2v) is 5.95. The maximum Gasteiger partial charge on any atom is 0.273 e. The summed E-state index contributed by atoms with van der Waals surface area (Å²) in [7, 11) is 0. The zero-order valence-electron chi connectivity index (χ0n) is 8.70. The molecule has 0 aliphatic carbocycles. The molecular weight excluding hydrogens is 336 g/mol. The van der Waals surface area contributed by atoms with Crippen molar-refractivity contribution >= 4 is 37.8 Å². The van der Waals surface area contributed by atoms with Crippen molar-refractivity contribution in [2.75, 3.05) is 13.1 Å². The van der Waals surface area contributed by atoms with E-state index < -0.39 is 0 Å². The van der Waals surface area contributed by atoms with Crippen molar-refractivity contribution in [3.05, 3.63) is 28.5 Å². The fraction of sp³-hybridized carbons (Fsp3) is 0.455. The first-order valence-electron chi connectivity index (χ1n) is 5.22. The summed E-state index contributed by atoms with van der Waals surface area (Å²) in [6.45, 7) is 1.61. The van der Waals surface area contributed by atoms with E-state index in [-0.39, 0.29) is 5.91 Å². The highest BCUT2D eigenvalue weighted by Gasteiger charge is 2.24. The van der Waals surface area contributed by atoms with E-state index in [1.54, 1.807) is 6.20 Å². The van der Waals surface area contributed by atoms with Gasteiger partial charge in [0.1, 0.15) is 5.69 Å². The van der Waals surface area contributed by atoms with Gasteiger partial charge in [-0.25, -0.2) is 4.98 Å². The Morgan fingerprint density at radius 3 is 2.75 bits per heavy atom. The summed E-state index contributed by atoms with van der Waals surface area (Å²) in [6, 6.07) is 3.66. The topological polar surface area (TPSA) is 33.2 Å². The van der Waals surface area contributed by atoms with Crippen molar-refractivity contribution in [1.82, 2.24) is 9.88 Å².